The minimum absolute atomic E-state index is 0.224. The Balaban J connectivity index is 1.56. The number of carbonyl (C=O) groups is 1. The molecule has 6 heteroatoms. The van der Waals surface area contributed by atoms with Crippen LogP contribution in [-0.4, -0.2) is 52.1 Å². The van der Waals surface area contributed by atoms with Crippen molar-refractivity contribution < 1.29 is 14.4 Å². The van der Waals surface area contributed by atoms with Crippen molar-refractivity contribution in [1.82, 2.24) is 15.0 Å². The van der Waals surface area contributed by atoms with Gasteiger partial charge in [-0.15, -0.1) is 0 Å². The fraction of sp³-hybridized carbons (Fsp3) is 0.444. The Morgan fingerprint density at radius 2 is 1.88 bits per heavy atom. The summed E-state index contributed by atoms with van der Waals surface area (Å²) in [6.07, 6.45) is -1.08. The van der Waals surface area contributed by atoms with Crippen molar-refractivity contribution in [2.75, 3.05) is 26.2 Å². The van der Waals surface area contributed by atoms with E-state index in [4.69, 9.17) is 4.52 Å². The Morgan fingerprint density at radius 1 is 1.21 bits per heavy atom. The van der Waals surface area contributed by atoms with Gasteiger partial charge in [0.25, 0.3) is 5.91 Å². The number of carbonyl (C=O) groups excluding carboxylic acids is 1. The van der Waals surface area contributed by atoms with Crippen LogP contribution in [0.5, 0.6) is 0 Å². The monoisotopic (exact) mass is 329 g/mol. The predicted octanol–water partition coefficient (Wildman–Crippen LogP) is 1.67. The molecule has 1 amide bonds. The van der Waals surface area contributed by atoms with Gasteiger partial charge in [0.05, 0.1) is 5.69 Å². The zero-order valence-corrected chi connectivity index (χ0v) is 14.1. The third-order valence-electron chi connectivity index (χ3n) is 4.60. The third kappa shape index (κ3) is 3.49. The second-order valence-electron chi connectivity index (χ2n) is 6.22. The third-order valence-corrected chi connectivity index (χ3v) is 4.60. The number of hydrogen-bond acceptors (Lipinski definition) is 5. The molecule has 1 aliphatic rings. The highest BCUT2D eigenvalue weighted by atomic mass is 16.5. The van der Waals surface area contributed by atoms with Crippen molar-refractivity contribution in [2.24, 2.45) is 0 Å². The molecule has 1 aromatic carbocycles. The van der Waals surface area contributed by atoms with Crippen LogP contribution in [0.15, 0.2) is 34.9 Å². The van der Waals surface area contributed by atoms with Crippen molar-refractivity contribution in [2.45, 2.75) is 26.5 Å². The first-order valence-corrected chi connectivity index (χ1v) is 8.22. The minimum Gasteiger partial charge on any atom is -0.378 e. The second-order valence-corrected chi connectivity index (χ2v) is 6.22. The number of benzene rings is 1. The number of aliphatic hydroxyl groups is 1. The zero-order valence-electron chi connectivity index (χ0n) is 14.1. The number of aliphatic hydroxyl groups excluding tert-OH is 1. The van der Waals surface area contributed by atoms with Crippen LogP contribution in [0, 0.1) is 13.8 Å². The van der Waals surface area contributed by atoms with Crippen LogP contribution >= 0.6 is 0 Å². The summed E-state index contributed by atoms with van der Waals surface area (Å²) in [6.45, 7) is 7.43. The lowest BCUT2D eigenvalue weighted by molar-refractivity contribution is -0.142. The zero-order chi connectivity index (χ0) is 17.1. The first kappa shape index (κ1) is 16.7. The number of aromatic nitrogens is 1. The molecular weight excluding hydrogens is 306 g/mol. The van der Waals surface area contributed by atoms with E-state index in [1.54, 1.807) is 17.0 Å². The Morgan fingerprint density at radius 3 is 2.46 bits per heavy atom. The molecule has 0 bridgehead atoms. The summed E-state index contributed by atoms with van der Waals surface area (Å²) in [6, 6.07) is 9.07. The maximum atomic E-state index is 12.5. The number of nitrogens with zero attached hydrogens (tertiary/aromatic N) is 3. The van der Waals surface area contributed by atoms with Crippen LogP contribution in [0.3, 0.4) is 0 Å². The van der Waals surface area contributed by atoms with E-state index < -0.39 is 6.10 Å². The Labute approximate surface area is 141 Å². The average Bonchev–Trinajstić information content (AvgIpc) is 2.94. The highest BCUT2D eigenvalue weighted by Crippen LogP contribution is 2.19. The predicted molar refractivity (Wildman–Crippen MR) is 89.2 cm³/mol. The normalized spacial score (nSPS) is 17.0. The van der Waals surface area contributed by atoms with E-state index in [-0.39, 0.29) is 5.91 Å². The summed E-state index contributed by atoms with van der Waals surface area (Å²) in [5.74, 6) is 0.628. The molecule has 0 radical (unpaired) electrons. The molecule has 1 N–H and O–H groups in total. The van der Waals surface area contributed by atoms with Crippen molar-refractivity contribution in [3.8, 4) is 0 Å². The van der Waals surface area contributed by atoms with E-state index >= 15 is 0 Å². The second kappa shape index (κ2) is 7.15. The summed E-state index contributed by atoms with van der Waals surface area (Å²) in [7, 11) is 0. The molecular formula is C18H23N3O3. The molecule has 3 rings (SSSR count). The fourth-order valence-electron chi connectivity index (χ4n) is 3.03. The summed E-state index contributed by atoms with van der Waals surface area (Å²) < 4.78 is 5.20. The quantitative estimate of drug-likeness (QED) is 0.924. The number of aryl methyl sites for hydroxylation is 2. The van der Waals surface area contributed by atoms with E-state index in [0.29, 0.717) is 18.7 Å². The van der Waals surface area contributed by atoms with Crippen LogP contribution < -0.4 is 0 Å². The van der Waals surface area contributed by atoms with Gasteiger partial charge in [-0.2, -0.15) is 0 Å². The molecule has 0 saturated carbocycles. The van der Waals surface area contributed by atoms with Crippen molar-refractivity contribution in [3.05, 3.63) is 52.9 Å². The summed E-state index contributed by atoms with van der Waals surface area (Å²) >= 11 is 0. The molecule has 1 saturated heterocycles. The Kier molecular flexibility index (Phi) is 4.97. The molecule has 1 fully saturated rings. The number of hydrogen-bond donors (Lipinski definition) is 1. The molecule has 128 valence electrons. The maximum Gasteiger partial charge on any atom is 0.256 e. The van der Waals surface area contributed by atoms with Gasteiger partial charge >= 0.3 is 0 Å². The molecule has 1 unspecified atom stereocenters. The van der Waals surface area contributed by atoms with E-state index in [1.165, 1.54) is 0 Å². The van der Waals surface area contributed by atoms with Crippen molar-refractivity contribution in [1.29, 1.82) is 0 Å². The largest absolute Gasteiger partial charge is 0.378 e. The first-order valence-electron chi connectivity index (χ1n) is 8.22. The maximum absolute atomic E-state index is 12.5. The molecule has 6 nitrogen and oxygen atoms in total. The van der Waals surface area contributed by atoms with Gasteiger partial charge in [0.1, 0.15) is 5.76 Å². The van der Waals surface area contributed by atoms with E-state index in [9.17, 15) is 9.90 Å². The van der Waals surface area contributed by atoms with Gasteiger partial charge in [-0.05, 0) is 19.4 Å². The smallest absolute Gasteiger partial charge is 0.256 e. The van der Waals surface area contributed by atoms with E-state index in [2.05, 4.69) is 10.1 Å². The topological polar surface area (TPSA) is 69.8 Å². The van der Waals surface area contributed by atoms with Gasteiger partial charge in [0, 0.05) is 38.3 Å². The molecule has 1 atom stereocenters. The van der Waals surface area contributed by atoms with Crippen LogP contribution in [0.4, 0.5) is 0 Å². The van der Waals surface area contributed by atoms with Crippen LogP contribution in [0.2, 0.25) is 0 Å². The van der Waals surface area contributed by atoms with Crippen LogP contribution in [0.1, 0.15) is 28.7 Å². The Bertz CT molecular complexity index is 671. The van der Waals surface area contributed by atoms with Gasteiger partial charge < -0.3 is 14.5 Å². The van der Waals surface area contributed by atoms with Crippen LogP contribution in [-0.2, 0) is 11.3 Å². The first-order chi connectivity index (χ1) is 11.6. The molecule has 0 aliphatic carbocycles. The number of rotatable bonds is 4. The summed E-state index contributed by atoms with van der Waals surface area (Å²) in [5.41, 5.74) is 2.69. The molecule has 24 heavy (non-hydrogen) atoms. The summed E-state index contributed by atoms with van der Waals surface area (Å²) in [4.78, 5) is 16.5. The van der Waals surface area contributed by atoms with Crippen LogP contribution in [0.25, 0.3) is 0 Å². The molecule has 0 spiro atoms. The molecule has 1 aromatic heterocycles. The lowest BCUT2D eigenvalue weighted by Gasteiger charge is -2.35. The highest BCUT2D eigenvalue weighted by Gasteiger charge is 2.27. The average molecular weight is 329 g/mol. The van der Waals surface area contributed by atoms with Gasteiger partial charge in [0.15, 0.2) is 6.10 Å². The lowest BCUT2D eigenvalue weighted by atomic mass is 10.1. The van der Waals surface area contributed by atoms with Crippen molar-refractivity contribution in [3.63, 3.8) is 0 Å². The van der Waals surface area contributed by atoms with Gasteiger partial charge in [-0.1, -0.05) is 35.5 Å². The van der Waals surface area contributed by atoms with E-state index in [0.717, 1.165) is 36.7 Å². The molecule has 1 aliphatic heterocycles. The van der Waals surface area contributed by atoms with E-state index in [1.807, 2.05) is 32.0 Å². The number of amides is 1. The van der Waals surface area contributed by atoms with Gasteiger partial charge in [-0.25, -0.2) is 0 Å². The molecule has 2 aromatic rings. The van der Waals surface area contributed by atoms with Crippen molar-refractivity contribution >= 4 is 5.91 Å². The number of piperazine rings is 1. The lowest BCUT2D eigenvalue weighted by Crippen LogP contribution is -2.49. The minimum atomic E-state index is -1.08. The fourth-order valence-corrected chi connectivity index (χ4v) is 3.03. The van der Waals surface area contributed by atoms with Gasteiger partial charge in [-0.3, -0.25) is 9.69 Å². The Hall–Kier alpha value is -2.18. The molecule has 2 heterocycles. The standard InChI is InChI=1S/C18H23N3O3/c1-13-16(14(2)24-19-13)12-20-8-10-21(11-9-20)18(23)17(22)15-6-4-3-5-7-15/h3-7,17,22H,8-12H2,1-2H3. The van der Waals surface area contributed by atoms with Gasteiger partial charge in [0.2, 0.25) is 0 Å². The SMILES string of the molecule is Cc1noc(C)c1CN1CCN(C(=O)C(O)c2ccccc2)CC1. The highest BCUT2D eigenvalue weighted by molar-refractivity contribution is 5.82. The summed E-state index contributed by atoms with van der Waals surface area (Å²) in [5, 5.41) is 14.2.